The molecule has 11 heteroatoms. The largest absolute Gasteiger partial charge is 1.00 e. The number of hydrogen-bond donors (Lipinski definition) is 0. The van der Waals surface area contributed by atoms with Crippen molar-refractivity contribution >= 4 is 0 Å². The van der Waals surface area contributed by atoms with Crippen LogP contribution in [0.15, 0.2) is 0 Å². The van der Waals surface area contributed by atoms with E-state index in [0.717, 1.165) is 0 Å². The maximum atomic E-state index is 8.25. The summed E-state index contributed by atoms with van der Waals surface area (Å²) in [4.78, 5) is 8.25. The fourth-order valence-corrected chi connectivity index (χ4v) is 0. The van der Waals surface area contributed by atoms with Gasteiger partial charge in [-0.1, -0.05) is 0 Å². The van der Waals surface area contributed by atoms with Crippen molar-refractivity contribution in [3.8, 4) is 0 Å². The molecule has 82 valence electrons. The van der Waals surface area contributed by atoms with Crippen LogP contribution in [-0.2, 0) is 22.4 Å². The van der Waals surface area contributed by atoms with Gasteiger partial charge < -0.3 is 48.2 Å². The molecule has 12 N–H and O–H groups in total. The van der Waals surface area contributed by atoms with Crippen molar-refractivity contribution in [1.82, 2.24) is 0 Å². The fourth-order valence-electron chi connectivity index (χ4n) is 0. The first-order valence-corrected chi connectivity index (χ1v) is 0.548. The Bertz CT molecular complexity index is 32.5. The summed E-state index contributed by atoms with van der Waals surface area (Å²) in [6, 6.07) is 0. The van der Waals surface area contributed by atoms with Gasteiger partial charge in [-0.15, -0.1) is 0 Å². The summed E-state index contributed by atoms with van der Waals surface area (Å²) < 4.78 is 0. The molecular formula is H12AgNO9. The van der Waals surface area contributed by atoms with E-state index in [4.69, 9.17) is 15.3 Å². The first-order chi connectivity index (χ1) is 1.73. The predicted molar refractivity (Wildman–Crippen MR) is 32.0 cm³/mol. The van der Waals surface area contributed by atoms with Gasteiger partial charge in [0.1, 0.15) is 0 Å². The normalized spacial score (nSPS) is 2.18. The van der Waals surface area contributed by atoms with Gasteiger partial charge >= 0.3 is 22.4 Å². The molecule has 0 unspecified atom stereocenters. The minimum absolute atomic E-state index is 0. The molecule has 0 saturated heterocycles. The third-order valence-corrected chi connectivity index (χ3v) is 0. The van der Waals surface area contributed by atoms with Crippen LogP contribution in [0.4, 0.5) is 0 Å². The molecule has 0 aromatic carbocycles. The third kappa shape index (κ3) is 6400. The minimum atomic E-state index is -1.75. The molecule has 0 fully saturated rings. The summed E-state index contributed by atoms with van der Waals surface area (Å²) >= 11 is 0. The summed E-state index contributed by atoms with van der Waals surface area (Å²) in [6.45, 7) is 0. The van der Waals surface area contributed by atoms with Gasteiger partial charge in [-0.3, -0.25) is 0 Å². The van der Waals surface area contributed by atoms with Gasteiger partial charge in [-0.2, -0.15) is 0 Å². The second kappa shape index (κ2) is 101. The van der Waals surface area contributed by atoms with Crippen molar-refractivity contribution in [2.24, 2.45) is 0 Å². The smallest absolute Gasteiger partial charge is 0.412 e. The molecule has 0 aliphatic rings. The summed E-state index contributed by atoms with van der Waals surface area (Å²) in [5.74, 6) is 0. The van der Waals surface area contributed by atoms with E-state index in [1.807, 2.05) is 0 Å². The van der Waals surface area contributed by atoms with Crippen molar-refractivity contribution in [2.45, 2.75) is 0 Å². The molecule has 0 aromatic rings. The standard InChI is InChI=1S/Ag.NO3.6H2O/c;2-1(3)4;;;;;;/h;;6*1H2/q+1;-1;;;;;;. The van der Waals surface area contributed by atoms with E-state index in [2.05, 4.69) is 0 Å². The van der Waals surface area contributed by atoms with Crippen LogP contribution in [0, 0.1) is 15.3 Å². The second-order valence-corrected chi connectivity index (χ2v) is 0.224. The van der Waals surface area contributed by atoms with Crippen molar-refractivity contribution in [3.05, 3.63) is 15.3 Å². The van der Waals surface area contributed by atoms with Crippen LogP contribution < -0.4 is 0 Å². The van der Waals surface area contributed by atoms with Gasteiger partial charge in [0.2, 0.25) is 0 Å². The van der Waals surface area contributed by atoms with E-state index >= 15 is 0 Å². The molecule has 0 rings (SSSR count). The SMILES string of the molecule is O.O.O.O.O.O.O=[N+]([O-])[O-].[Ag+]. The number of rotatable bonds is 0. The zero-order valence-electron chi connectivity index (χ0n) is 4.97. The van der Waals surface area contributed by atoms with E-state index in [9.17, 15) is 0 Å². The van der Waals surface area contributed by atoms with E-state index in [-0.39, 0.29) is 55.2 Å². The quantitative estimate of drug-likeness (QED) is 0.239. The third-order valence-electron chi connectivity index (χ3n) is 0. The van der Waals surface area contributed by atoms with Crippen LogP contribution in [0.5, 0.6) is 0 Å². The molecule has 0 aromatic heterocycles. The monoisotopic (exact) mass is 277 g/mol. The average molecular weight is 278 g/mol. The summed E-state index contributed by atoms with van der Waals surface area (Å²) in [6.07, 6.45) is 0. The number of nitrogens with zero attached hydrogens (tertiary/aromatic N) is 1. The van der Waals surface area contributed by atoms with Crippen LogP contribution in [-0.4, -0.2) is 37.9 Å². The molecule has 0 amide bonds. The van der Waals surface area contributed by atoms with E-state index in [0.29, 0.717) is 0 Å². The molecule has 0 spiro atoms. The molecule has 0 atom stereocenters. The van der Waals surface area contributed by atoms with E-state index in [1.54, 1.807) is 0 Å². The maximum absolute atomic E-state index is 8.25. The van der Waals surface area contributed by atoms with Crippen LogP contribution in [0.1, 0.15) is 0 Å². The Morgan fingerprint density at radius 1 is 0.727 bits per heavy atom. The van der Waals surface area contributed by atoms with Gasteiger partial charge in [-0.25, -0.2) is 0 Å². The van der Waals surface area contributed by atoms with Crippen LogP contribution in [0.3, 0.4) is 0 Å². The molecule has 10 nitrogen and oxygen atoms in total. The molecule has 0 aliphatic heterocycles. The Labute approximate surface area is 76.3 Å². The molecule has 0 saturated carbocycles. The van der Waals surface area contributed by atoms with Gasteiger partial charge in [0.25, 0.3) is 0 Å². The van der Waals surface area contributed by atoms with Gasteiger partial charge in [0, 0.05) is 0 Å². The molecule has 0 radical (unpaired) electrons. The molecule has 0 heterocycles. The average Bonchev–Trinajstić information content (AvgIpc) is 0.811. The Morgan fingerprint density at radius 2 is 0.727 bits per heavy atom. The summed E-state index contributed by atoms with van der Waals surface area (Å²) in [7, 11) is 0. The first-order valence-electron chi connectivity index (χ1n) is 0.548. The zero-order chi connectivity index (χ0) is 3.58. The zero-order valence-corrected chi connectivity index (χ0v) is 6.46. The summed E-state index contributed by atoms with van der Waals surface area (Å²) in [5.41, 5.74) is 0. The Kier molecular flexibility index (Phi) is 1260. The predicted octanol–water partition coefficient (Wildman–Crippen LogP) is -5.19. The van der Waals surface area contributed by atoms with Gasteiger partial charge in [0.15, 0.2) is 0 Å². The minimum Gasteiger partial charge on any atom is -0.412 e. The van der Waals surface area contributed by atoms with E-state index < -0.39 is 5.09 Å². The Balaban J connectivity index is -0.00000000214. The number of hydrogen-bond acceptors (Lipinski definition) is 3. The van der Waals surface area contributed by atoms with Crippen molar-refractivity contribution in [3.63, 3.8) is 0 Å². The first kappa shape index (κ1) is 138. The van der Waals surface area contributed by atoms with Crippen LogP contribution in [0.25, 0.3) is 0 Å². The Morgan fingerprint density at radius 3 is 0.727 bits per heavy atom. The molecule has 0 aliphatic carbocycles. The maximum Gasteiger partial charge on any atom is 1.00 e. The molecular weight excluding hydrogens is 266 g/mol. The van der Waals surface area contributed by atoms with E-state index in [1.165, 1.54) is 0 Å². The Hall–Kier alpha value is -0.300. The van der Waals surface area contributed by atoms with Crippen LogP contribution >= 0.6 is 0 Å². The van der Waals surface area contributed by atoms with Gasteiger partial charge in [0.05, 0.1) is 5.09 Å². The second-order valence-electron chi connectivity index (χ2n) is 0.224. The van der Waals surface area contributed by atoms with Crippen molar-refractivity contribution in [1.29, 1.82) is 0 Å². The molecule has 0 bridgehead atoms. The summed E-state index contributed by atoms with van der Waals surface area (Å²) in [5, 5.41) is 14.8. The molecule has 11 heavy (non-hydrogen) atoms. The van der Waals surface area contributed by atoms with Crippen LogP contribution in [0.2, 0.25) is 0 Å². The van der Waals surface area contributed by atoms with Crippen molar-refractivity contribution < 1.29 is 60.3 Å². The topological polar surface area (TPSA) is 255 Å². The van der Waals surface area contributed by atoms with Crippen molar-refractivity contribution in [2.75, 3.05) is 0 Å². The van der Waals surface area contributed by atoms with Gasteiger partial charge in [-0.05, 0) is 0 Å². The fraction of sp³-hybridized carbons (Fsp3) is 0.